The third kappa shape index (κ3) is 2.72. The van der Waals surface area contributed by atoms with E-state index in [1.165, 1.54) is 13.2 Å². The summed E-state index contributed by atoms with van der Waals surface area (Å²) in [6.07, 6.45) is -1.50. The van der Waals surface area contributed by atoms with E-state index in [9.17, 15) is 13.2 Å². The largest absolute Gasteiger partial charge is 0.435 e. The van der Waals surface area contributed by atoms with Gasteiger partial charge in [0.05, 0.1) is 17.6 Å². The second-order valence-electron chi connectivity index (χ2n) is 4.30. The van der Waals surface area contributed by atoms with Crippen LogP contribution in [0.4, 0.5) is 18.9 Å². The van der Waals surface area contributed by atoms with E-state index in [1.54, 1.807) is 17.9 Å². The van der Waals surface area contributed by atoms with Crippen LogP contribution in [0.15, 0.2) is 12.4 Å². The van der Waals surface area contributed by atoms with Gasteiger partial charge in [-0.1, -0.05) is 0 Å². The number of alkyl halides is 3. The van der Waals surface area contributed by atoms with Gasteiger partial charge in [0, 0.05) is 32.4 Å². The number of hydrogen-bond donors (Lipinski definition) is 1. The molecular weight excluding hydrogens is 259 g/mol. The van der Waals surface area contributed by atoms with Gasteiger partial charge in [0.1, 0.15) is 0 Å². The van der Waals surface area contributed by atoms with Crippen molar-refractivity contribution < 1.29 is 13.2 Å². The molecule has 0 unspecified atom stereocenters. The van der Waals surface area contributed by atoms with Crippen molar-refractivity contribution in [3.05, 3.63) is 29.3 Å². The predicted octanol–water partition coefficient (Wildman–Crippen LogP) is 2.09. The van der Waals surface area contributed by atoms with Crippen molar-refractivity contribution in [2.24, 2.45) is 14.1 Å². The van der Waals surface area contributed by atoms with Crippen molar-refractivity contribution in [3.63, 3.8) is 0 Å². The molecule has 2 rings (SSSR count). The van der Waals surface area contributed by atoms with Gasteiger partial charge in [-0.15, -0.1) is 0 Å². The highest BCUT2D eigenvalue weighted by Gasteiger charge is 2.36. The predicted molar refractivity (Wildman–Crippen MR) is 63.5 cm³/mol. The summed E-state index contributed by atoms with van der Waals surface area (Å²) in [5.74, 6) is 0. The lowest BCUT2D eigenvalue weighted by Crippen LogP contribution is -2.11. The lowest BCUT2D eigenvalue weighted by molar-refractivity contribution is -0.142. The summed E-state index contributed by atoms with van der Waals surface area (Å²) in [7, 11) is 3.24. The molecule has 8 heteroatoms. The van der Waals surface area contributed by atoms with E-state index < -0.39 is 11.9 Å². The molecule has 0 fully saturated rings. The molecule has 0 saturated carbocycles. The van der Waals surface area contributed by atoms with Crippen molar-refractivity contribution >= 4 is 5.69 Å². The van der Waals surface area contributed by atoms with Gasteiger partial charge in [0.2, 0.25) is 0 Å². The van der Waals surface area contributed by atoms with Gasteiger partial charge < -0.3 is 5.32 Å². The molecule has 0 amide bonds. The van der Waals surface area contributed by atoms with Crippen LogP contribution in [0.3, 0.4) is 0 Å². The smallest absolute Gasteiger partial charge is 0.378 e. The van der Waals surface area contributed by atoms with E-state index in [1.807, 2.05) is 6.92 Å². The van der Waals surface area contributed by atoms with Crippen LogP contribution in [0.1, 0.15) is 17.0 Å². The molecule has 2 aromatic rings. The Morgan fingerprint density at radius 2 is 2.00 bits per heavy atom. The van der Waals surface area contributed by atoms with Gasteiger partial charge in [0.25, 0.3) is 0 Å². The van der Waals surface area contributed by atoms with Gasteiger partial charge >= 0.3 is 6.18 Å². The average molecular weight is 273 g/mol. The Labute approximate surface area is 108 Å². The summed E-state index contributed by atoms with van der Waals surface area (Å²) in [5, 5.41) is 10.4. The Morgan fingerprint density at radius 3 is 2.53 bits per heavy atom. The zero-order valence-electron chi connectivity index (χ0n) is 10.8. The maximum Gasteiger partial charge on any atom is 0.435 e. The fraction of sp³-hybridized carbons (Fsp3) is 0.455. The monoisotopic (exact) mass is 273 g/mol. The number of hydrogen-bond acceptors (Lipinski definition) is 3. The van der Waals surface area contributed by atoms with Crippen LogP contribution in [-0.2, 0) is 26.8 Å². The Bertz CT molecular complexity index is 582. The minimum atomic E-state index is -4.44. The van der Waals surface area contributed by atoms with Gasteiger partial charge in [-0.3, -0.25) is 9.36 Å². The molecular formula is C11H14F3N5. The maximum atomic E-state index is 12.8. The van der Waals surface area contributed by atoms with E-state index in [0.717, 1.165) is 10.4 Å². The van der Waals surface area contributed by atoms with Crippen molar-refractivity contribution in [2.45, 2.75) is 19.6 Å². The molecule has 0 atom stereocenters. The molecule has 0 aromatic carbocycles. The van der Waals surface area contributed by atoms with E-state index in [4.69, 9.17) is 0 Å². The topological polar surface area (TPSA) is 47.7 Å². The number of anilines is 1. The fourth-order valence-electron chi connectivity index (χ4n) is 1.77. The molecule has 0 aliphatic heterocycles. The van der Waals surface area contributed by atoms with E-state index in [2.05, 4.69) is 15.5 Å². The Morgan fingerprint density at radius 1 is 1.32 bits per heavy atom. The molecule has 2 aromatic heterocycles. The highest BCUT2D eigenvalue weighted by atomic mass is 19.4. The number of aromatic nitrogens is 4. The Balaban J connectivity index is 2.18. The van der Waals surface area contributed by atoms with Crippen LogP contribution >= 0.6 is 0 Å². The average Bonchev–Trinajstić information content (AvgIpc) is 2.82. The summed E-state index contributed by atoms with van der Waals surface area (Å²) in [5.41, 5.74) is 0.819. The van der Waals surface area contributed by atoms with Crippen LogP contribution in [0.5, 0.6) is 0 Å². The quantitative estimate of drug-likeness (QED) is 0.931. The minimum Gasteiger partial charge on any atom is -0.378 e. The van der Waals surface area contributed by atoms with E-state index >= 15 is 0 Å². The van der Waals surface area contributed by atoms with Crippen LogP contribution in [0.2, 0.25) is 0 Å². The first kappa shape index (κ1) is 13.4. The maximum absolute atomic E-state index is 12.8. The summed E-state index contributed by atoms with van der Waals surface area (Å²) in [6.45, 7) is 1.89. The van der Waals surface area contributed by atoms with Gasteiger partial charge in [0.15, 0.2) is 5.69 Å². The van der Waals surface area contributed by atoms with Crippen LogP contribution in [-0.4, -0.2) is 19.6 Å². The first-order valence-electron chi connectivity index (χ1n) is 5.61. The molecule has 104 valence electrons. The summed E-state index contributed by atoms with van der Waals surface area (Å²) >= 11 is 0. The van der Waals surface area contributed by atoms with Crippen LogP contribution in [0, 0.1) is 6.92 Å². The highest BCUT2D eigenvalue weighted by Crippen LogP contribution is 2.31. The molecule has 5 nitrogen and oxygen atoms in total. The molecule has 1 N–H and O–H groups in total. The highest BCUT2D eigenvalue weighted by molar-refractivity contribution is 5.46. The molecule has 0 aliphatic carbocycles. The standard InChI is InChI=1S/C11H14F3N5/c1-7-9(5-16-19(7)3)15-4-8-6-18(2)17-10(8)11(12,13)14/h5-6,15H,4H2,1-3H3. The van der Waals surface area contributed by atoms with Crippen molar-refractivity contribution in [3.8, 4) is 0 Å². The number of halogens is 3. The molecule has 0 spiro atoms. The molecule has 2 heterocycles. The third-order valence-corrected chi connectivity index (χ3v) is 2.88. The molecule has 19 heavy (non-hydrogen) atoms. The second kappa shape index (κ2) is 4.60. The lowest BCUT2D eigenvalue weighted by Gasteiger charge is -2.08. The number of nitrogens with one attached hydrogen (secondary N) is 1. The molecule has 0 radical (unpaired) electrons. The number of rotatable bonds is 3. The zero-order chi connectivity index (χ0) is 14.2. The molecule has 0 saturated heterocycles. The minimum absolute atomic E-state index is 0.0508. The lowest BCUT2D eigenvalue weighted by atomic mass is 10.2. The Kier molecular flexibility index (Phi) is 3.25. The van der Waals surface area contributed by atoms with Crippen molar-refractivity contribution in [1.29, 1.82) is 0 Å². The van der Waals surface area contributed by atoms with Crippen molar-refractivity contribution in [2.75, 3.05) is 5.32 Å². The normalized spacial score (nSPS) is 11.9. The molecule has 0 bridgehead atoms. The van der Waals surface area contributed by atoms with E-state index in [-0.39, 0.29) is 12.1 Å². The van der Waals surface area contributed by atoms with Gasteiger partial charge in [-0.25, -0.2) is 0 Å². The summed E-state index contributed by atoms with van der Waals surface area (Å²) in [4.78, 5) is 0. The molecule has 0 aliphatic rings. The number of nitrogens with zero attached hydrogens (tertiary/aromatic N) is 4. The second-order valence-corrected chi connectivity index (χ2v) is 4.30. The first-order chi connectivity index (χ1) is 8.79. The summed E-state index contributed by atoms with van der Waals surface area (Å²) < 4.78 is 41.1. The fourth-order valence-corrected chi connectivity index (χ4v) is 1.77. The number of aryl methyl sites for hydroxylation is 2. The van der Waals surface area contributed by atoms with Gasteiger partial charge in [-0.05, 0) is 6.92 Å². The first-order valence-corrected chi connectivity index (χ1v) is 5.61. The zero-order valence-corrected chi connectivity index (χ0v) is 10.8. The Hall–Kier alpha value is -1.99. The van der Waals surface area contributed by atoms with E-state index in [0.29, 0.717) is 5.69 Å². The van der Waals surface area contributed by atoms with Crippen LogP contribution in [0.25, 0.3) is 0 Å². The van der Waals surface area contributed by atoms with Crippen molar-refractivity contribution in [1.82, 2.24) is 19.6 Å². The third-order valence-electron chi connectivity index (χ3n) is 2.88. The summed E-state index contributed by atoms with van der Waals surface area (Å²) in [6, 6.07) is 0. The SMILES string of the molecule is Cc1c(NCc2cn(C)nc2C(F)(F)F)cnn1C. The van der Waals surface area contributed by atoms with Gasteiger partial charge in [-0.2, -0.15) is 23.4 Å². The van der Waals surface area contributed by atoms with Crippen LogP contribution < -0.4 is 5.32 Å².